The van der Waals surface area contributed by atoms with Crippen molar-refractivity contribution >= 4 is 10.1 Å². The number of allylic oxidation sites excluding steroid dienone is 1. The minimum absolute atomic E-state index is 0. The molecular weight excluding hydrogens is 179 g/mol. The fourth-order valence-electron chi connectivity index (χ4n) is 0.404. The van der Waals surface area contributed by atoms with Gasteiger partial charge in [-0.25, -0.2) is 8.42 Å². The molecule has 0 fully saturated rings. The second-order valence-corrected chi connectivity index (χ2v) is 3.22. The molecule has 0 aromatic rings. The third kappa shape index (κ3) is 12.0. The minimum Gasteiger partial charge on any atom is -0.748 e. The Morgan fingerprint density at radius 1 is 1.50 bits per heavy atom. The first-order valence-electron chi connectivity index (χ1n) is 2.61. The van der Waals surface area contributed by atoms with E-state index in [4.69, 9.17) is 0 Å². The maximum atomic E-state index is 9.92. The summed E-state index contributed by atoms with van der Waals surface area (Å²) < 4.78 is 29.7. The van der Waals surface area contributed by atoms with Gasteiger partial charge in [-0.05, 0) is 12.8 Å². The average Bonchev–Trinajstić information content (AvgIpc) is 1.63. The van der Waals surface area contributed by atoms with Gasteiger partial charge in [0.25, 0.3) is 0 Å². The van der Waals surface area contributed by atoms with E-state index >= 15 is 0 Å². The van der Waals surface area contributed by atoms with Gasteiger partial charge in [0, 0.05) is 5.75 Å². The summed E-state index contributed by atoms with van der Waals surface area (Å²) in [7, 11) is -3.99. The second kappa shape index (κ2) is 6.96. The van der Waals surface area contributed by atoms with Crippen LogP contribution in [0, 0.1) is 0 Å². The average molecular weight is 188 g/mol. The molecule has 5 heteroatoms. The molecule has 0 heterocycles. The summed E-state index contributed by atoms with van der Waals surface area (Å²) in [5.74, 6) is -0.279. The molecule has 10 heavy (non-hydrogen) atoms. The first-order valence-corrected chi connectivity index (χ1v) is 4.18. The first kappa shape index (κ1) is 13.8. The minimum atomic E-state index is -3.99. The quantitative estimate of drug-likeness (QED) is 0.212. The molecular formula is C5H9KO3S. The molecule has 54 valence electrons. The maximum absolute atomic E-state index is 9.92. The molecule has 0 N–H and O–H groups in total. The summed E-state index contributed by atoms with van der Waals surface area (Å²) >= 11 is 0. The van der Waals surface area contributed by atoms with E-state index in [1.807, 2.05) is 0 Å². The molecule has 0 atom stereocenters. The third-order valence-electron chi connectivity index (χ3n) is 0.803. The molecule has 0 saturated carbocycles. The Balaban J connectivity index is 0. The van der Waals surface area contributed by atoms with Crippen LogP contribution >= 0.6 is 0 Å². The van der Waals surface area contributed by atoms with E-state index in [-0.39, 0.29) is 57.1 Å². The van der Waals surface area contributed by atoms with Gasteiger partial charge in [0.1, 0.15) is 0 Å². The maximum Gasteiger partial charge on any atom is 1.00 e. The van der Waals surface area contributed by atoms with Gasteiger partial charge in [0.05, 0.1) is 10.1 Å². The zero-order valence-electron chi connectivity index (χ0n) is 6.04. The molecule has 0 radical (unpaired) electrons. The van der Waals surface area contributed by atoms with Crippen molar-refractivity contribution in [1.82, 2.24) is 0 Å². The summed E-state index contributed by atoms with van der Waals surface area (Å²) in [6.45, 7) is 3.38. The molecule has 0 aliphatic heterocycles. The van der Waals surface area contributed by atoms with Crippen LogP contribution in [-0.2, 0) is 10.1 Å². The number of hydrogen-bond donors (Lipinski definition) is 0. The number of unbranched alkanes of at least 4 members (excludes halogenated alkanes) is 1. The van der Waals surface area contributed by atoms with Gasteiger partial charge in [-0.3, -0.25) is 0 Å². The number of rotatable bonds is 4. The van der Waals surface area contributed by atoms with Gasteiger partial charge in [-0.2, -0.15) is 0 Å². The van der Waals surface area contributed by atoms with Crippen LogP contribution in [0.4, 0.5) is 0 Å². The molecule has 0 aromatic carbocycles. The Labute approximate surface area is 104 Å². The molecule has 0 bridgehead atoms. The zero-order valence-corrected chi connectivity index (χ0v) is 9.98. The van der Waals surface area contributed by atoms with Crippen LogP contribution in [0.15, 0.2) is 12.7 Å². The SMILES string of the molecule is C=CCCCS(=O)(=O)[O-].[K+]. The van der Waals surface area contributed by atoms with Crippen molar-refractivity contribution < 1.29 is 64.4 Å². The van der Waals surface area contributed by atoms with Crippen LogP contribution in [0.5, 0.6) is 0 Å². The van der Waals surface area contributed by atoms with Gasteiger partial charge < -0.3 is 4.55 Å². The zero-order chi connectivity index (χ0) is 7.33. The molecule has 0 aliphatic carbocycles. The Bertz CT molecular complexity index is 173. The predicted octanol–water partition coefficient (Wildman–Crippen LogP) is -2.50. The smallest absolute Gasteiger partial charge is 0.748 e. The van der Waals surface area contributed by atoms with Gasteiger partial charge in [-0.1, -0.05) is 6.08 Å². The Morgan fingerprint density at radius 2 is 2.00 bits per heavy atom. The fraction of sp³-hybridized carbons (Fsp3) is 0.600. The largest absolute Gasteiger partial charge is 1.00 e. The summed E-state index contributed by atoms with van der Waals surface area (Å²) in [5, 5.41) is 0. The molecule has 0 unspecified atom stereocenters. The van der Waals surface area contributed by atoms with E-state index in [1.165, 1.54) is 0 Å². The Hall–Kier alpha value is 1.29. The van der Waals surface area contributed by atoms with Crippen molar-refractivity contribution in [2.45, 2.75) is 12.8 Å². The van der Waals surface area contributed by atoms with Crippen LogP contribution in [0.1, 0.15) is 12.8 Å². The van der Waals surface area contributed by atoms with Crippen LogP contribution in [0.25, 0.3) is 0 Å². The van der Waals surface area contributed by atoms with Crippen LogP contribution in [-0.4, -0.2) is 18.7 Å². The first-order chi connectivity index (χ1) is 4.06. The molecule has 0 saturated heterocycles. The summed E-state index contributed by atoms with van der Waals surface area (Å²) in [6, 6.07) is 0. The Kier molecular flexibility index (Phi) is 9.64. The van der Waals surface area contributed by atoms with Crippen LogP contribution < -0.4 is 51.4 Å². The summed E-state index contributed by atoms with van der Waals surface area (Å²) in [6.07, 6.45) is 2.56. The molecule has 3 nitrogen and oxygen atoms in total. The number of hydrogen-bond acceptors (Lipinski definition) is 3. The van der Waals surface area contributed by atoms with Gasteiger partial charge in [0.2, 0.25) is 0 Å². The Morgan fingerprint density at radius 3 is 2.30 bits per heavy atom. The third-order valence-corrected chi connectivity index (χ3v) is 1.59. The second-order valence-electron chi connectivity index (χ2n) is 1.69. The monoisotopic (exact) mass is 188 g/mol. The van der Waals surface area contributed by atoms with E-state index in [9.17, 15) is 13.0 Å². The van der Waals surface area contributed by atoms with Gasteiger partial charge >= 0.3 is 51.4 Å². The van der Waals surface area contributed by atoms with Crippen molar-refractivity contribution in [3.8, 4) is 0 Å². The standard InChI is InChI=1S/C5H10O3S.K/c1-2-3-4-5-9(6,7)8;/h2H,1,3-5H2,(H,6,7,8);/q;+1/p-1. The van der Waals surface area contributed by atoms with E-state index in [1.54, 1.807) is 6.08 Å². The summed E-state index contributed by atoms with van der Waals surface area (Å²) in [4.78, 5) is 0. The van der Waals surface area contributed by atoms with Gasteiger partial charge in [0.15, 0.2) is 0 Å². The van der Waals surface area contributed by atoms with E-state index in [0.717, 1.165) is 0 Å². The van der Waals surface area contributed by atoms with Crippen molar-refractivity contribution in [2.75, 3.05) is 5.75 Å². The molecule has 0 spiro atoms. The molecule has 0 rings (SSSR count). The van der Waals surface area contributed by atoms with E-state index < -0.39 is 10.1 Å². The molecule has 0 aromatic heterocycles. The molecule has 0 amide bonds. The topological polar surface area (TPSA) is 57.2 Å². The van der Waals surface area contributed by atoms with Crippen molar-refractivity contribution in [1.29, 1.82) is 0 Å². The molecule has 0 aliphatic rings. The van der Waals surface area contributed by atoms with Gasteiger partial charge in [-0.15, -0.1) is 6.58 Å². The predicted molar refractivity (Wildman–Crippen MR) is 34.0 cm³/mol. The van der Waals surface area contributed by atoms with Crippen molar-refractivity contribution in [3.05, 3.63) is 12.7 Å². The van der Waals surface area contributed by atoms with Crippen LogP contribution in [0.3, 0.4) is 0 Å². The van der Waals surface area contributed by atoms with Crippen LogP contribution in [0.2, 0.25) is 0 Å². The van der Waals surface area contributed by atoms with Crippen molar-refractivity contribution in [3.63, 3.8) is 0 Å². The van der Waals surface area contributed by atoms with E-state index in [0.29, 0.717) is 12.8 Å². The summed E-state index contributed by atoms with van der Waals surface area (Å²) in [5.41, 5.74) is 0. The van der Waals surface area contributed by atoms with E-state index in [2.05, 4.69) is 6.58 Å². The van der Waals surface area contributed by atoms with Crippen molar-refractivity contribution in [2.24, 2.45) is 0 Å². The normalized spacial score (nSPS) is 10.1. The fourth-order valence-corrected chi connectivity index (χ4v) is 0.925.